The molecule has 14 nitrogen and oxygen atoms in total. The van der Waals surface area contributed by atoms with Crippen LogP contribution in [0.3, 0.4) is 0 Å². The van der Waals surface area contributed by atoms with Crippen molar-refractivity contribution in [3.8, 4) is 5.75 Å². The molecule has 1 fully saturated rings. The van der Waals surface area contributed by atoms with Crippen molar-refractivity contribution in [2.45, 2.75) is 26.1 Å². The largest absolute Gasteiger partial charge is 0.490 e. The SMILES string of the molecule is Cc1cc(COc2ccc(NC(=O)[C@H]3CCN(c4ccc([N+](=O)[O-])cn4)C[C@@H]3C(=O)NO)cc2)c2ccccc2n1.O=C(O)C(F)(F)F. The zero-order valence-electron chi connectivity index (χ0n) is 25.2. The summed E-state index contributed by atoms with van der Waals surface area (Å²) in [5.41, 5.74) is 4.88. The lowest BCUT2D eigenvalue weighted by molar-refractivity contribution is -0.385. The molecule has 17 heteroatoms. The van der Waals surface area contributed by atoms with Crippen LogP contribution in [0.2, 0.25) is 0 Å². The number of hydrogen-bond donors (Lipinski definition) is 4. The first kappa shape index (κ1) is 35.0. The number of pyridine rings is 2. The summed E-state index contributed by atoms with van der Waals surface area (Å²) in [5, 5.41) is 31.2. The van der Waals surface area contributed by atoms with Crippen molar-refractivity contribution in [2.24, 2.45) is 11.8 Å². The number of alkyl halides is 3. The maximum Gasteiger partial charge on any atom is 0.490 e. The average Bonchev–Trinajstić information content (AvgIpc) is 3.07. The summed E-state index contributed by atoms with van der Waals surface area (Å²) in [4.78, 5) is 55.4. The summed E-state index contributed by atoms with van der Waals surface area (Å²) < 4.78 is 37.7. The Kier molecular flexibility index (Phi) is 11.1. The molecular weight excluding hydrogens is 641 g/mol. The first-order valence-corrected chi connectivity index (χ1v) is 14.2. The third kappa shape index (κ3) is 8.91. The van der Waals surface area contributed by atoms with Crippen LogP contribution in [0.1, 0.15) is 17.7 Å². The number of carboxylic acid groups (broad SMARTS) is 1. The number of nitrogens with zero attached hydrogens (tertiary/aromatic N) is 4. The van der Waals surface area contributed by atoms with E-state index in [2.05, 4.69) is 15.3 Å². The van der Waals surface area contributed by atoms with Crippen molar-refractivity contribution in [3.05, 3.63) is 94.3 Å². The van der Waals surface area contributed by atoms with Crippen molar-refractivity contribution in [2.75, 3.05) is 23.3 Å². The molecule has 2 atom stereocenters. The van der Waals surface area contributed by atoms with Gasteiger partial charge in [-0.1, -0.05) is 18.2 Å². The molecule has 0 aliphatic carbocycles. The summed E-state index contributed by atoms with van der Waals surface area (Å²) in [7, 11) is 0. The fourth-order valence-electron chi connectivity index (χ4n) is 5.04. The zero-order chi connectivity index (χ0) is 35.0. The van der Waals surface area contributed by atoms with Gasteiger partial charge in [-0.2, -0.15) is 13.2 Å². The molecular formula is C31H29F3N6O8. The van der Waals surface area contributed by atoms with Gasteiger partial charge in [-0.05, 0) is 55.8 Å². The second kappa shape index (κ2) is 15.2. The number of nitro groups is 1. The number of carbonyl (C=O) groups is 3. The molecule has 2 aromatic heterocycles. The number of piperidine rings is 1. The van der Waals surface area contributed by atoms with E-state index in [-0.39, 0.29) is 18.1 Å². The molecule has 0 unspecified atom stereocenters. The molecule has 4 N–H and O–H groups in total. The third-order valence-electron chi connectivity index (χ3n) is 7.35. The number of benzene rings is 2. The number of aryl methyl sites for hydroxylation is 1. The number of rotatable bonds is 8. The molecule has 252 valence electrons. The van der Waals surface area contributed by atoms with E-state index in [0.29, 0.717) is 36.8 Å². The van der Waals surface area contributed by atoms with Gasteiger partial charge in [0.25, 0.3) is 5.69 Å². The van der Waals surface area contributed by atoms with Crippen LogP contribution in [-0.4, -0.2) is 62.3 Å². The monoisotopic (exact) mass is 670 g/mol. The number of aliphatic carboxylic acids is 1. The number of fused-ring (bicyclic) bond motifs is 1. The van der Waals surface area contributed by atoms with Crippen LogP contribution < -0.4 is 20.4 Å². The highest BCUT2D eigenvalue weighted by Crippen LogP contribution is 2.29. The van der Waals surface area contributed by atoms with E-state index in [1.807, 2.05) is 37.3 Å². The lowest BCUT2D eigenvalue weighted by Gasteiger charge is -2.37. The summed E-state index contributed by atoms with van der Waals surface area (Å²) >= 11 is 0. The smallest absolute Gasteiger partial charge is 0.489 e. The zero-order valence-corrected chi connectivity index (χ0v) is 25.2. The Labute approximate surface area is 270 Å². The number of anilines is 2. The van der Waals surface area contributed by atoms with Gasteiger partial charge in [0.05, 0.1) is 22.3 Å². The second-order valence-electron chi connectivity index (χ2n) is 10.6. The molecule has 1 aliphatic rings. The van der Waals surface area contributed by atoms with E-state index in [9.17, 15) is 38.1 Å². The summed E-state index contributed by atoms with van der Waals surface area (Å²) in [6.07, 6.45) is -3.63. The van der Waals surface area contributed by atoms with E-state index in [4.69, 9.17) is 14.6 Å². The van der Waals surface area contributed by atoms with E-state index in [0.717, 1.165) is 28.4 Å². The number of nitrogens with one attached hydrogen (secondary N) is 2. The van der Waals surface area contributed by atoms with Gasteiger partial charge in [0.1, 0.15) is 24.4 Å². The van der Waals surface area contributed by atoms with Crippen molar-refractivity contribution in [3.63, 3.8) is 0 Å². The quantitative estimate of drug-likeness (QED) is 0.116. The van der Waals surface area contributed by atoms with E-state index >= 15 is 0 Å². The molecule has 0 spiro atoms. The van der Waals surface area contributed by atoms with Gasteiger partial charge in [0.2, 0.25) is 11.8 Å². The van der Waals surface area contributed by atoms with Crippen molar-refractivity contribution in [1.82, 2.24) is 15.4 Å². The molecule has 1 saturated heterocycles. The number of carbonyl (C=O) groups excluding carboxylic acids is 2. The summed E-state index contributed by atoms with van der Waals surface area (Å²) in [6.45, 7) is 2.80. The van der Waals surface area contributed by atoms with Crippen molar-refractivity contribution < 1.29 is 47.5 Å². The Morgan fingerprint density at radius 2 is 1.75 bits per heavy atom. The minimum Gasteiger partial charge on any atom is -0.489 e. The third-order valence-corrected chi connectivity index (χ3v) is 7.35. The highest BCUT2D eigenvalue weighted by Gasteiger charge is 2.39. The molecule has 2 amide bonds. The minimum atomic E-state index is -5.08. The van der Waals surface area contributed by atoms with Gasteiger partial charge in [0, 0.05) is 41.5 Å². The highest BCUT2D eigenvalue weighted by atomic mass is 19.4. The Morgan fingerprint density at radius 1 is 1.06 bits per heavy atom. The van der Waals surface area contributed by atoms with E-state index < -0.39 is 34.8 Å². The van der Waals surface area contributed by atoms with Crippen LogP contribution in [0.15, 0.2) is 72.9 Å². The lowest BCUT2D eigenvalue weighted by atomic mass is 9.84. The fourth-order valence-corrected chi connectivity index (χ4v) is 5.04. The van der Waals surface area contributed by atoms with Crippen LogP contribution >= 0.6 is 0 Å². The van der Waals surface area contributed by atoms with Crippen molar-refractivity contribution >= 4 is 45.9 Å². The highest BCUT2D eigenvalue weighted by molar-refractivity contribution is 5.96. The predicted octanol–water partition coefficient (Wildman–Crippen LogP) is 4.65. The van der Waals surface area contributed by atoms with Crippen LogP contribution in [0, 0.1) is 28.9 Å². The molecule has 0 radical (unpaired) electrons. The lowest BCUT2D eigenvalue weighted by Crippen LogP contribution is -2.50. The summed E-state index contributed by atoms with van der Waals surface area (Å²) in [6, 6.07) is 19.7. The Hall–Kier alpha value is -5.84. The standard InChI is InChI=1S/C29H28N6O6.C2HF3O2/c1-18-14-19(23-4-2-3-5-26(23)31-18)17-41-22-9-6-20(7-10-22)32-28(36)24-12-13-34(16-25(24)29(37)33-38)27-11-8-21(15-30-27)35(39)40;3-2(4,5)1(6)7/h2-11,14-15,24-25,38H,12-13,16-17H2,1H3,(H,32,36)(H,33,37);(H,6,7)/t24-,25-;/m0./s1. The van der Waals surface area contributed by atoms with Gasteiger partial charge in [-0.15, -0.1) is 0 Å². The number of para-hydroxylation sites is 1. The molecule has 4 aromatic rings. The van der Waals surface area contributed by atoms with Gasteiger partial charge < -0.3 is 20.1 Å². The van der Waals surface area contributed by atoms with Gasteiger partial charge in [-0.25, -0.2) is 15.3 Å². The molecule has 2 aromatic carbocycles. The fraction of sp³-hybridized carbons (Fsp3) is 0.258. The number of hydrogen-bond acceptors (Lipinski definition) is 10. The number of hydroxylamine groups is 1. The maximum atomic E-state index is 13.2. The van der Waals surface area contributed by atoms with Gasteiger partial charge in [-0.3, -0.25) is 29.9 Å². The van der Waals surface area contributed by atoms with Crippen LogP contribution in [0.5, 0.6) is 5.75 Å². The predicted molar refractivity (Wildman–Crippen MR) is 164 cm³/mol. The van der Waals surface area contributed by atoms with Crippen molar-refractivity contribution in [1.29, 1.82) is 0 Å². The Bertz CT molecular complexity index is 1790. The molecule has 1 aliphatic heterocycles. The van der Waals surface area contributed by atoms with Gasteiger partial charge in [0.15, 0.2) is 0 Å². The minimum absolute atomic E-state index is 0.102. The normalized spacial score (nSPS) is 15.9. The number of carboxylic acids is 1. The number of aromatic nitrogens is 2. The van der Waals surface area contributed by atoms with Crippen LogP contribution in [-0.2, 0) is 21.0 Å². The Balaban J connectivity index is 0.000000671. The molecule has 5 rings (SSSR count). The summed E-state index contributed by atoms with van der Waals surface area (Å²) in [5.74, 6) is -4.32. The topological polar surface area (TPSA) is 197 Å². The molecule has 0 saturated carbocycles. The number of amides is 2. The molecule has 0 bridgehead atoms. The number of ether oxygens (including phenoxy) is 1. The van der Waals surface area contributed by atoms with Crippen LogP contribution in [0.25, 0.3) is 10.9 Å². The Morgan fingerprint density at radius 3 is 2.35 bits per heavy atom. The average molecular weight is 671 g/mol. The van der Waals surface area contributed by atoms with Gasteiger partial charge >= 0.3 is 12.1 Å². The second-order valence-corrected chi connectivity index (χ2v) is 10.6. The first-order valence-electron chi connectivity index (χ1n) is 14.2. The van der Waals surface area contributed by atoms with Crippen LogP contribution in [0.4, 0.5) is 30.4 Å². The molecule has 48 heavy (non-hydrogen) atoms. The van der Waals surface area contributed by atoms with E-state index in [1.165, 1.54) is 12.1 Å². The number of halogens is 3. The first-order chi connectivity index (χ1) is 22.8. The molecule has 3 heterocycles. The van der Waals surface area contributed by atoms with E-state index in [1.54, 1.807) is 34.6 Å². The maximum absolute atomic E-state index is 13.2.